The molecule has 0 saturated carbocycles. The Balaban J connectivity index is 2.45. The second-order valence-electron chi connectivity index (χ2n) is 4.52. The van der Waals surface area contributed by atoms with Crippen molar-refractivity contribution in [3.63, 3.8) is 0 Å². The summed E-state index contributed by atoms with van der Waals surface area (Å²) in [6.45, 7) is 5.68. The van der Waals surface area contributed by atoms with Crippen LogP contribution in [0.3, 0.4) is 0 Å². The van der Waals surface area contributed by atoms with Gasteiger partial charge in [-0.15, -0.1) is 6.58 Å². The predicted octanol–water partition coefficient (Wildman–Crippen LogP) is 3.53. The SMILES string of the molecule is C=CCC1C=Cc2cc([N+](=O)[O-])ccc2N1C(=O)OCC. The van der Waals surface area contributed by atoms with Crippen LogP contribution < -0.4 is 4.90 Å². The second-order valence-corrected chi connectivity index (χ2v) is 4.52. The molecule has 1 aromatic rings. The zero-order valence-corrected chi connectivity index (χ0v) is 11.7. The molecule has 1 aliphatic rings. The zero-order valence-electron chi connectivity index (χ0n) is 11.7. The predicted molar refractivity (Wildman–Crippen MR) is 80.2 cm³/mol. The van der Waals surface area contributed by atoms with E-state index in [1.807, 2.05) is 6.08 Å². The summed E-state index contributed by atoms with van der Waals surface area (Å²) in [6.07, 6.45) is 5.43. The minimum Gasteiger partial charge on any atom is -0.449 e. The third kappa shape index (κ3) is 2.94. The van der Waals surface area contributed by atoms with E-state index >= 15 is 0 Å². The molecule has 1 aliphatic heterocycles. The van der Waals surface area contributed by atoms with Gasteiger partial charge in [-0.3, -0.25) is 15.0 Å². The molecule has 1 unspecified atom stereocenters. The molecule has 1 atom stereocenters. The summed E-state index contributed by atoms with van der Waals surface area (Å²) < 4.78 is 5.08. The van der Waals surface area contributed by atoms with Crippen LogP contribution in [0.1, 0.15) is 18.9 Å². The van der Waals surface area contributed by atoms with E-state index in [9.17, 15) is 14.9 Å². The number of benzene rings is 1. The Morgan fingerprint density at radius 3 is 2.95 bits per heavy atom. The van der Waals surface area contributed by atoms with Gasteiger partial charge in [-0.25, -0.2) is 4.79 Å². The van der Waals surface area contributed by atoms with Crippen LogP contribution in [0.25, 0.3) is 6.08 Å². The number of hydrogen-bond acceptors (Lipinski definition) is 4. The van der Waals surface area contributed by atoms with E-state index < -0.39 is 11.0 Å². The molecule has 21 heavy (non-hydrogen) atoms. The summed E-state index contributed by atoms with van der Waals surface area (Å²) in [5, 5.41) is 10.8. The quantitative estimate of drug-likeness (QED) is 0.482. The van der Waals surface area contributed by atoms with E-state index in [4.69, 9.17) is 4.74 Å². The average molecular weight is 288 g/mol. The first kappa shape index (κ1) is 14.8. The molecule has 0 fully saturated rings. The maximum atomic E-state index is 12.2. The lowest BCUT2D eigenvalue weighted by Crippen LogP contribution is -2.41. The van der Waals surface area contributed by atoms with Crippen molar-refractivity contribution in [2.75, 3.05) is 11.5 Å². The van der Waals surface area contributed by atoms with Crippen molar-refractivity contribution in [2.24, 2.45) is 0 Å². The van der Waals surface area contributed by atoms with Crippen LogP contribution in [0.2, 0.25) is 0 Å². The van der Waals surface area contributed by atoms with Crippen molar-refractivity contribution in [3.05, 3.63) is 52.6 Å². The molecule has 0 N–H and O–H groups in total. The number of rotatable bonds is 4. The fraction of sp³-hybridized carbons (Fsp3) is 0.267. The van der Waals surface area contributed by atoms with Gasteiger partial charge in [0, 0.05) is 17.7 Å². The van der Waals surface area contributed by atoms with Crippen molar-refractivity contribution < 1.29 is 14.5 Å². The molecule has 0 spiro atoms. The standard InChI is InChI=1S/C15H16N2O4/c1-3-5-12-7-6-11-10-13(17(19)20)8-9-14(11)16(12)15(18)21-4-2/h3,6-10,12H,1,4-5H2,2H3. The van der Waals surface area contributed by atoms with E-state index in [2.05, 4.69) is 6.58 Å². The number of carbonyl (C=O) groups is 1. The van der Waals surface area contributed by atoms with Gasteiger partial charge in [0.25, 0.3) is 5.69 Å². The molecule has 110 valence electrons. The van der Waals surface area contributed by atoms with Gasteiger partial charge in [0.1, 0.15) is 0 Å². The topological polar surface area (TPSA) is 72.7 Å². The number of nitro groups is 1. The highest BCUT2D eigenvalue weighted by atomic mass is 16.6. The van der Waals surface area contributed by atoms with Gasteiger partial charge in [-0.1, -0.05) is 18.2 Å². The lowest BCUT2D eigenvalue weighted by molar-refractivity contribution is -0.384. The number of nitro benzene ring substituents is 1. The van der Waals surface area contributed by atoms with Gasteiger partial charge in [-0.05, 0) is 19.4 Å². The summed E-state index contributed by atoms with van der Waals surface area (Å²) in [5.41, 5.74) is 1.22. The Labute approximate surface area is 122 Å². The normalized spacial score (nSPS) is 16.2. The third-order valence-corrected chi connectivity index (χ3v) is 3.18. The summed E-state index contributed by atoms with van der Waals surface area (Å²) >= 11 is 0. The van der Waals surface area contributed by atoms with E-state index in [1.54, 1.807) is 25.1 Å². The van der Waals surface area contributed by atoms with Crippen molar-refractivity contribution in [3.8, 4) is 0 Å². The maximum absolute atomic E-state index is 12.2. The third-order valence-electron chi connectivity index (χ3n) is 3.18. The molecule has 1 heterocycles. The number of amides is 1. The Hall–Kier alpha value is -2.63. The van der Waals surface area contributed by atoms with Gasteiger partial charge in [0.2, 0.25) is 0 Å². The largest absolute Gasteiger partial charge is 0.449 e. The number of nitrogens with zero attached hydrogens (tertiary/aromatic N) is 2. The molecule has 0 aromatic heterocycles. The first-order valence-corrected chi connectivity index (χ1v) is 6.62. The van der Waals surface area contributed by atoms with Gasteiger partial charge < -0.3 is 4.74 Å². The highest BCUT2D eigenvalue weighted by Gasteiger charge is 2.29. The summed E-state index contributed by atoms with van der Waals surface area (Å²) in [4.78, 5) is 24.0. The van der Waals surface area contributed by atoms with Crippen LogP contribution >= 0.6 is 0 Å². The molecule has 0 aliphatic carbocycles. The molecule has 1 amide bonds. The van der Waals surface area contributed by atoms with E-state index in [1.165, 1.54) is 17.0 Å². The fourth-order valence-corrected chi connectivity index (χ4v) is 2.27. The van der Waals surface area contributed by atoms with Gasteiger partial charge in [0.05, 0.1) is 23.3 Å². The van der Waals surface area contributed by atoms with Crippen LogP contribution in [0.4, 0.5) is 16.2 Å². The van der Waals surface area contributed by atoms with Crippen LogP contribution in [-0.2, 0) is 4.74 Å². The van der Waals surface area contributed by atoms with Gasteiger partial charge in [0.15, 0.2) is 0 Å². The Morgan fingerprint density at radius 2 is 2.33 bits per heavy atom. The second kappa shape index (κ2) is 6.21. The van der Waals surface area contributed by atoms with Crippen molar-refractivity contribution in [1.29, 1.82) is 0 Å². The van der Waals surface area contributed by atoms with Crippen LogP contribution in [0, 0.1) is 10.1 Å². The zero-order chi connectivity index (χ0) is 15.4. The minimum atomic E-state index is -0.469. The maximum Gasteiger partial charge on any atom is 0.414 e. The average Bonchev–Trinajstić information content (AvgIpc) is 2.46. The smallest absolute Gasteiger partial charge is 0.414 e. The van der Waals surface area contributed by atoms with E-state index in [0.29, 0.717) is 17.7 Å². The highest BCUT2D eigenvalue weighted by molar-refractivity contribution is 5.94. The first-order chi connectivity index (χ1) is 10.1. The van der Waals surface area contributed by atoms with Crippen molar-refractivity contribution in [1.82, 2.24) is 0 Å². The monoisotopic (exact) mass is 288 g/mol. The molecule has 1 aromatic carbocycles. The van der Waals surface area contributed by atoms with Crippen LogP contribution in [0.5, 0.6) is 0 Å². The van der Waals surface area contributed by atoms with Gasteiger partial charge >= 0.3 is 6.09 Å². The first-order valence-electron chi connectivity index (χ1n) is 6.62. The number of non-ortho nitro benzene ring substituents is 1. The molecule has 0 radical (unpaired) electrons. The Morgan fingerprint density at radius 1 is 1.57 bits per heavy atom. The van der Waals surface area contributed by atoms with Crippen LogP contribution in [-0.4, -0.2) is 23.7 Å². The molecule has 0 bridgehead atoms. The number of ether oxygens (including phenoxy) is 1. The number of anilines is 1. The highest BCUT2D eigenvalue weighted by Crippen LogP contribution is 2.33. The van der Waals surface area contributed by atoms with Gasteiger partial charge in [-0.2, -0.15) is 0 Å². The fourth-order valence-electron chi connectivity index (χ4n) is 2.27. The number of fused-ring (bicyclic) bond motifs is 1. The minimum absolute atomic E-state index is 0.00983. The van der Waals surface area contributed by atoms with Crippen molar-refractivity contribution >= 4 is 23.5 Å². The van der Waals surface area contributed by atoms with E-state index in [0.717, 1.165) is 0 Å². The summed E-state index contributed by atoms with van der Waals surface area (Å²) in [7, 11) is 0. The van der Waals surface area contributed by atoms with Crippen molar-refractivity contribution in [2.45, 2.75) is 19.4 Å². The summed E-state index contributed by atoms with van der Waals surface area (Å²) in [6, 6.07) is 4.21. The lowest BCUT2D eigenvalue weighted by Gasteiger charge is -2.32. The molecule has 0 saturated heterocycles. The molecular weight excluding hydrogens is 272 g/mol. The number of carbonyl (C=O) groups excluding carboxylic acids is 1. The Kier molecular flexibility index (Phi) is 4.37. The molecule has 2 rings (SSSR count). The molecular formula is C15H16N2O4. The lowest BCUT2D eigenvalue weighted by atomic mass is 10.0. The Bertz CT molecular complexity index is 610. The summed E-state index contributed by atoms with van der Waals surface area (Å²) in [5.74, 6) is 0. The number of hydrogen-bond donors (Lipinski definition) is 0. The molecule has 6 nitrogen and oxygen atoms in total. The van der Waals surface area contributed by atoms with E-state index in [-0.39, 0.29) is 18.3 Å². The van der Waals surface area contributed by atoms with Crippen LogP contribution in [0.15, 0.2) is 36.9 Å². The molecule has 6 heteroatoms.